The third-order valence-corrected chi connectivity index (χ3v) is 4.40. The number of alkyl carbamates (subject to hydrolysis) is 1. The molecule has 134 valence electrons. The fourth-order valence-electron chi connectivity index (χ4n) is 2.08. The first kappa shape index (κ1) is 18.9. The molecule has 0 saturated heterocycles. The number of benzene rings is 1. The van der Waals surface area contributed by atoms with Crippen molar-refractivity contribution in [1.82, 2.24) is 15.1 Å². The van der Waals surface area contributed by atoms with Crippen LogP contribution in [0, 0.1) is 0 Å². The van der Waals surface area contributed by atoms with Crippen LogP contribution in [-0.4, -0.2) is 38.7 Å². The minimum Gasteiger partial charge on any atom is -0.480 e. The average Bonchev–Trinajstić information content (AvgIpc) is 3.01. The quantitative estimate of drug-likeness (QED) is 0.665. The number of nitrogens with one attached hydrogen (secondary N) is 1. The van der Waals surface area contributed by atoms with Gasteiger partial charge in [-0.25, -0.2) is 9.59 Å². The number of hydrogen-bond acceptors (Lipinski definition) is 5. The van der Waals surface area contributed by atoms with E-state index < -0.39 is 18.1 Å². The molecule has 8 heteroatoms. The number of amides is 1. The Morgan fingerprint density at radius 1 is 1.32 bits per heavy atom. The highest BCUT2D eigenvalue weighted by atomic mass is 32.2. The molecule has 0 fully saturated rings. The number of carboxylic acid groups (broad SMARTS) is 1. The highest BCUT2D eigenvalue weighted by Gasteiger charge is 2.20. The number of carbonyl (C=O) groups is 2. The van der Waals surface area contributed by atoms with Crippen molar-refractivity contribution in [2.45, 2.75) is 24.8 Å². The topological polar surface area (TPSA) is 93.5 Å². The molecule has 0 aliphatic carbocycles. The predicted octanol–water partition coefficient (Wildman–Crippen LogP) is 2.42. The van der Waals surface area contributed by atoms with Crippen LogP contribution in [-0.2, 0) is 28.9 Å². The van der Waals surface area contributed by atoms with E-state index in [0.29, 0.717) is 17.9 Å². The van der Waals surface area contributed by atoms with Crippen LogP contribution in [0.3, 0.4) is 0 Å². The minimum atomic E-state index is -1.07. The SMILES string of the molecule is Cn1ccc(CSCCC(NC(=O)OCc2ccccc2)C(=O)O)n1. The number of thioether (sulfide) groups is 1. The molecule has 1 aromatic carbocycles. The smallest absolute Gasteiger partial charge is 0.408 e. The van der Waals surface area contributed by atoms with Gasteiger partial charge in [0.05, 0.1) is 5.69 Å². The normalized spacial score (nSPS) is 11.7. The molecule has 0 spiro atoms. The summed E-state index contributed by atoms with van der Waals surface area (Å²) < 4.78 is 6.78. The van der Waals surface area contributed by atoms with Crippen LogP contribution in [0.15, 0.2) is 42.6 Å². The van der Waals surface area contributed by atoms with Crippen molar-refractivity contribution in [3.8, 4) is 0 Å². The van der Waals surface area contributed by atoms with E-state index >= 15 is 0 Å². The van der Waals surface area contributed by atoms with Gasteiger partial charge in [-0.15, -0.1) is 0 Å². The summed E-state index contributed by atoms with van der Waals surface area (Å²) in [6.45, 7) is 0.105. The van der Waals surface area contributed by atoms with Crippen LogP contribution in [0.4, 0.5) is 4.79 Å². The van der Waals surface area contributed by atoms with E-state index in [-0.39, 0.29) is 6.61 Å². The molecule has 2 N–H and O–H groups in total. The van der Waals surface area contributed by atoms with Gasteiger partial charge in [-0.2, -0.15) is 16.9 Å². The van der Waals surface area contributed by atoms with Crippen LogP contribution in [0.25, 0.3) is 0 Å². The second-order valence-corrected chi connectivity index (χ2v) is 6.52. The molecular formula is C17H21N3O4S. The first-order chi connectivity index (χ1) is 12.0. The summed E-state index contributed by atoms with van der Waals surface area (Å²) in [7, 11) is 1.85. The standard InChI is InChI=1S/C17H21N3O4S/c1-20-9-7-14(19-20)12-25-10-8-15(16(21)22)18-17(23)24-11-13-5-3-2-4-6-13/h2-7,9,15H,8,10-12H2,1H3,(H,18,23)(H,21,22). The lowest BCUT2D eigenvalue weighted by atomic mass is 10.2. The van der Waals surface area contributed by atoms with Gasteiger partial charge in [0.15, 0.2) is 0 Å². The van der Waals surface area contributed by atoms with E-state index in [1.807, 2.05) is 49.6 Å². The summed E-state index contributed by atoms with van der Waals surface area (Å²) in [6, 6.07) is 10.2. The zero-order chi connectivity index (χ0) is 18.1. The largest absolute Gasteiger partial charge is 0.480 e. The molecule has 1 amide bonds. The second-order valence-electron chi connectivity index (χ2n) is 5.42. The van der Waals surface area contributed by atoms with Gasteiger partial charge < -0.3 is 15.2 Å². The van der Waals surface area contributed by atoms with Gasteiger partial charge >= 0.3 is 12.1 Å². The maximum Gasteiger partial charge on any atom is 0.408 e. The Hall–Kier alpha value is -2.48. The lowest BCUT2D eigenvalue weighted by Gasteiger charge is -2.14. The fraction of sp³-hybridized carbons (Fsp3) is 0.353. The lowest BCUT2D eigenvalue weighted by Crippen LogP contribution is -2.41. The summed E-state index contributed by atoms with van der Waals surface area (Å²) >= 11 is 1.57. The summed E-state index contributed by atoms with van der Waals surface area (Å²) in [4.78, 5) is 23.1. The highest BCUT2D eigenvalue weighted by molar-refractivity contribution is 7.98. The molecule has 0 aliphatic rings. The van der Waals surface area contributed by atoms with Gasteiger partial charge in [0.1, 0.15) is 12.6 Å². The second kappa shape index (κ2) is 9.73. The zero-order valence-electron chi connectivity index (χ0n) is 13.9. The molecule has 1 aromatic heterocycles. The Balaban J connectivity index is 1.70. The zero-order valence-corrected chi connectivity index (χ0v) is 14.7. The number of nitrogens with zero attached hydrogens (tertiary/aromatic N) is 2. The molecule has 1 unspecified atom stereocenters. The number of ether oxygens (including phenoxy) is 1. The van der Waals surface area contributed by atoms with Gasteiger partial charge in [-0.3, -0.25) is 4.68 Å². The van der Waals surface area contributed by atoms with Crippen LogP contribution in [0.5, 0.6) is 0 Å². The van der Waals surface area contributed by atoms with E-state index in [4.69, 9.17) is 4.74 Å². The fourth-order valence-corrected chi connectivity index (χ4v) is 2.99. The van der Waals surface area contributed by atoms with Gasteiger partial charge in [-0.05, 0) is 23.8 Å². The van der Waals surface area contributed by atoms with Crippen molar-refractivity contribution in [3.63, 3.8) is 0 Å². The monoisotopic (exact) mass is 363 g/mol. The Morgan fingerprint density at radius 3 is 2.72 bits per heavy atom. The molecule has 7 nitrogen and oxygen atoms in total. The van der Waals surface area contributed by atoms with Crippen molar-refractivity contribution >= 4 is 23.8 Å². The first-order valence-corrected chi connectivity index (χ1v) is 8.96. The number of carbonyl (C=O) groups excluding carboxylic acids is 1. The number of aromatic nitrogens is 2. The minimum absolute atomic E-state index is 0.105. The van der Waals surface area contributed by atoms with Gasteiger partial charge in [0.25, 0.3) is 0 Å². The number of carboxylic acids is 1. The summed E-state index contributed by atoms with van der Waals surface area (Å²) in [5.74, 6) is 0.216. The third kappa shape index (κ3) is 6.88. The number of hydrogen-bond donors (Lipinski definition) is 2. The lowest BCUT2D eigenvalue weighted by molar-refractivity contribution is -0.139. The van der Waals surface area contributed by atoms with Crippen LogP contribution in [0.1, 0.15) is 17.7 Å². The maximum absolute atomic E-state index is 11.8. The van der Waals surface area contributed by atoms with E-state index in [1.54, 1.807) is 16.4 Å². The van der Waals surface area contributed by atoms with Crippen LogP contribution >= 0.6 is 11.8 Å². The van der Waals surface area contributed by atoms with E-state index in [1.165, 1.54) is 0 Å². The van der Waals surface area contributed by atoms with Crippen molar-refractivity contribution in [2.24, 2.45) is 7.05 Å². The number of aliphatic carboxylic acids is 1. The molecule has 0 radical (unpaired) electrons. The molecule has 2 rings (SSSR count). The summed E-state index contributed by atoms with van der Waals surface area (Å²) in [5, 5.41) is 15.9. The first-order valence-electron chi connectivity index (χ1n) is 7.81. The molecule has 0 bridgehead atoms. The van der Waals surface area contributed by atoms with E-state index in [2.05, 4.69) is 10.4 Å². The van der Waals surface area contributed by atoms with Crippen molar-refractivity contribution in [3.05, 3.63) is 53.9 Å². The molecule has 2 aromatic rings. The number of rotatable bonds is 9. The molecule has 0 saturated carbocycles. The Morgan fingerprint density at radius 2 is 2.08 bits per heavy atom. The summed E-state index contributed by atoms with van der Waals surface area (Å²) in [5.41, 5.74) is 1.78. The molecule has 25 heavy (non-hydrogen) atoms. The molecule has 1 heterocycles. The van der Waals surface area contributed by atoms with Gasteiger partial charge in [0.2, 0.25) is 0 Å². The average molecular weight is 363 g/mol. The van der Waals surface area contributed by atoms with Crippen molar-refractivity contribution < 1.29 is 19.4 Å². The van der Waals surface area contributed by atoms with Gasteiger partial charge in [-0.1, -0.05) is 30.3 Å². The van der Waals surface area contributed by atoms with Crippen LogP contribution < -0.4 is 5.32 Å². The Bertz CT molecular complexity index is 690. The highest BCUT2D eigenvalue weighted by Crippen LogP contribution is 2.12. The van der Waals surface area contributed by atoms with Crippen molar-refractivity contribution in [2.75, 3.05) is 5.75 Å². The molecular weight excluding hydrogens is 342 g/mol. The maximum atomic E-state index is 11.8. The van der Waals surface area contributed by atoms with Crippen molar-refractivity contribution in [1.29, 1.82) is 0 Å². The van der Waals surface area contributed by atoms with E-state index in [9.17, 15) is 14.7 Å². The van der Waals surface area contributed by atoms with E-state index in [0.717, 1.165) is 11.3 Å². The Kier molecular flexibility index (Phi) is 7.34. The third-order valence-electron chi connectivity index (χ3n) is 3.37. The van der Waals surface area contributed by atoms with Crippen LogP contribution in [0.2, 0.25) is 0 Å². The molecule has 0 aliphatic heterocycles. The van der Waals surface area contributed by atoms with Gasteiger partial charge in [0, 0.05) is 19.0 Å². The predicted molar refractivity (Wildman–Crippen MR) is 95.2 cm³/mol. The molecule has 1 atom stereocenters. The summed E-state index contributed by atoms with van der Waals surface area (Å²) in [6.07, 6.45) is 1.44. The number of aryl methyl sites for hydroxylation is 1. The Labute approximate surface area is 150 Å².